The standard InChI is InChI=1S/C13H9Br2N3O2S/c14-9-4-5-12(10(15)6-9)21(19,20)18-11-3-1-2-8-7-16-17-13(8)11/h1-7,18H,(H,16,17). The molecule has 0 radical (unpaired) electrons. The van der Waals surface area contributed by atoms with E-state index < -0.39 is 10.0 Å². The summed E-state index contributed by atoms with van der Waals surface area (Å²) in [6.45, 7) is 0. The van der Waals surface area contributed by atoms with Gasteiger partial charge in [-0.25, -0.2) is 8.42 Å². The molecule has 0 amide bonds. The molecule has 0 aliphatic rings. The first-order valence-electron chi connectivity index (χ1n) is 5.87. The van der Waals surface area contributed by atoms with Crippen LogP contribution < -0.4 is 4.72 Å². The van der Waals surface area contributed by atoms with Crippen molar-refractivity contribution in [3.63, 3.8) is 0 Å². The van der Waals surface area contributed by atoms with Crippen molar-refractivity contribution in [1.29, 1.82) is 0 Å². The van der Waals surface area contributed by atoms with E-state index in [1.165, 1.54) is 6.07 Å². The molecular formula is C13H9Br2N3O2S. The van der Waals surface area contributed by atoms with Crippen molar-refractivity contribution >= 4 is 58.5 Å². The number of sulfonamides is 1. The highest BCUT2D eigenvalue weighted by molar-refractivity contribution is 9.11. The molecule has 3 rings (SSSR count). The third-order valence-corrected chi connectivity index (χ3v) is 5.74. The fourth-order valence-electron chi connectivity index (χ4n) is 1.95. The Hall–Kier alpha value is -1.38. The van der Waals surface area contributed by atoms with Crippen LogP contribution in [0.1, 0.15) is 0 Å². The normalized spacial score (nSPS) is 11.7. The first-order chi connectivity index (χ1) is 9.97. The Bertz CT molecular complexity index is 922. The van der Waals surface area contributed by atoms with Crippen LogP contribution in [-0.2, 0) is 10.0 Å². The van der Waals surface area contributed by atoms with E-state index in [1.807, 2.05) is 6.07 Å². The highest BCUT2D eigenvalue weighted by atomic mass is 79.9. The number of halogens is 2. The van der Waals surface area contributed by atoms with Crippen molar-refractivity contribution in [3.8, 4) is 0 Å². The average molecular weight is 431 g/mol. The fraction of sp³-hybridized carbons (Fsp3) is 0. The lowest BCUT2D eigenvalue weighted by Gasteiger charge is -2.10. The number of nitrogens with zero attached hydrogens (tertiary/aromatic N) is 1. The number of hydrogen-bond acceptors (Lipinski definition) is 3. The van der Waals surface area contributed by atoms with Crippen LogP contribution in [0, 0.1) is 0 Å². The maximum absolute atomic E-state index is 12.5. The van der Waals surface area contributed by atoms with Crippen LogP contribution in [0.2, 0.25) is 0 Å². The minimum absolute atomic E-state index is 0.169. The Balaban J connectivity index is 2.05. The first-order valence-corrected chi connectivity index (χ1v) is 8.94. The summed E-state index contributed by atoms with van der Waals surface area (Å²) in [5, 5.41) is 7.55. The molecule has 108 valence electrons. The maximum Gasteiger partial charge on any atom is 0.263 e. The zero-order valence-corrected chi connectivity index (χ0v) is 14.5. The molecule has 0 bridgehead atoms. The maximum atomic E-state index is 12.5. The van der Waals surface area contributed by atoms with Crippen molar-refractivity contribution in [2.45, 2.75) is 4.90 Å². The molecule has 21 heavy (non-hydrogen) atoms. The number of para-hydroxylation sites is 1. The van der Waals surface area contributed by atoms with E-state index >= 15 is 0 Å². The van der Waals surface area contributed by atoms with Gasteiger partial charge in [0, 0.05) is 14.3 Å². The summed E-state index contributed by atoms with van der Waals surface area (Å²) in [6, 6.07) is 10.2. The Morgan fingerprint density at radius 2 is 1.95 bits per heavy atom. The molecule has 0 unspecified atom stereocenters. The van der Waals surface area contributed by atoms with Crippen LogP contribution in [0.4, 0.5) is 5.69 Å². The molecule has 0 saturated heterocycles. The third kappa shape index (κ3) is 2.83. The number of hydrogen-bond donors (Lipinski definition) is 2. The predicted octanol–water partition coefficient (Wildman–Crippen LogP) is 3.89. The molecule has 8 heteroatoms. The van der Waals surface area contributed by atoms with Gasteiger partial charge in [-0.05, 0) is 40.2 Å². The Labute approximate surface area is 138 Å². The Morgan fingerprint density at radius 1 is 1.14 bits per heavy atom. The van der Waals surface area contributed by atoms with Crippen LogP contribution in [0.15, 0.2) is 56.4 Å². The van der Waals surface area contributed by atoms with Crippen LogP contribution in [0.25, 0.3) is 10.9 Å². The zero-order chi connectivity index (χ0) is 15.0. The number of benzene rings is 2. The van der Waals surface area contributed by atoms with Gasteiger partial charge in [-0.2, -0.15) is 5.10 Å². The van der Waals surface area contributed by atoms with Gasteiger partial charge < -0.3 is 0 Å². The van der Waals surface area contributed by atoms with Crippen LogP contribution in [-0.4, -0.2) is 18.6 Å². The third-order valence-electron chi connectivity index (χ3n) is 2.90. The number of anilines is 1. The topological polar surface area (TPSA) is 74.8 Å². The van der Waals surface area contributed by atoms with E-state index in [0.717, 1.165) is 9.86 Å². The summed E-state index contributed by atoms with van der Waals surface area (Å²) in [7, 11) is -3.70. The van der Waals surface area contributed by atoms with Gasteiger partial charge in [0.15, 0.2) is 0 Å². The molecule has 2 aromatic carbocycles. The Kier molecular flexibility index (Phi) is 3.76. The smallest absolute Gasteiger partial charge is 0.263 e. The summed E-state index contributed by atoms with van der Waals surface area (Å²) >= 11 is 6.57. The van der Waals surface area contributed by atoms with E-state index in [0.29, 0.717) is 15.7 Å². The summed E-state index contributed by atoms with van der Waals surface area (Å²) in [5.41, 5.74) is 1.11. The van der Waals surface area contributed by atoms with E-state index in [-0.39, 0.29) is 4.90 Å². The monoisotopic (exact) mass is 429 g/mol. The molecule has 0 aliphatic heterocycles. The molecule has 0 aliphatic carbocycles. The van der Waals surface area contributed by atoms with Gasteiger partial charge in [0.1, 0.15) is 4.90 Å². The average Bonchev–Trinajstić information content (AvgIpc) is 2.87. The largest absolute Gasteiger partial charge is 0.277 e. The van der Waals surface area contributed by atoms with Gasteiger partial charge in [-0.3, -0.25) is 9.82 Å². The highest BCUT2D eigenvalue weighted by Crippen LogP contribution is 2.29. The van der Waals surface area contributed by atoms with Gasteiger partial charge in [0.2, 0.25) is 0 Å². The number of fused-ring (bicyclic) bond motifs is 1. The van der Waals surface area contributed by atoms with Crippen molar-refractivity contribution < 1.29 is 8.42 Å². The van der Waals surface area contributed by atoms with E-state index in [1.54, 1.807) is 30.5 Å². The summed E-state index contributed by atoms with van der Waals surface area (Å²) in [4.78, 5) is 0.169. The van der Waals surface area contributed by atoms with Crippen molar-refractivity contribution in [2.24, 2.45) is 0 Å². The molecule has 1 heterocycles. The van der Waals surface area contributed by atoms with Crippen molar-refractivity contribution in [1.82, 2.24) is 10.2 Å². The van der Waals surface area contributed by atoms with Crippen LogP contribution >= 0.6 is 31.9 Å². The molecule has 0 spiro atoms. The van der Waals surface area contributed by atoms with Gasteiger partial charge in [0.05, 0.1) is 17.4 Å². The van der Waals surface area contributed by atoms with Crippen LogP contribution in [0.3, 0.4) is 0 Å². The highest BCUT2D eigenvalue weighted by Gasteiger charge is 2.19. The lowest BCUT2D eigenvalue weighted by Crippen LogP contribution is -2.13. The second kappa shape index (κ2) is 5.43. The Morgan fingerprint density at radius 3 is 2.71 bits per heavy atom. The summed E-state index contributed by atoms with van der Waals surface area (Å²) in [6.07, 6.45) is 1.64. The molecule has 3 aromatic rings. The number of aromatic amines is 1. The van der Waals surface area contributed by atoms with E-state index in [9.17, 15) is 8.42 Å². The zero-order valence-electron chi connectivity index (χ0n) is 10.5. The SMILES string of the molecule is O=S(=O)(Nc1cccc2cn[nH]c12)c1ccc(Br)cc1Br. The van der Waals surface area contributed by atoms with Gasteiger partial charge in [-0.1, -0.05) is 28.1 Å². The van der Waals surface area contributed by atoms with Gasteiger partial charge >= 0.3 is 0 Å². The molecule has 2 N–H and O–H groups in total. The summed E-state index contributed by atoms with van der Waals surface area (Å²) < 4.78 is 28.9. The van der Waals surface area contributed by atoms with E-state index in [2.05, 4.69) is 46.8 Å². The number of aromatic nitrogens is 2. The quantitative estimate of drug-likeness (QED) is 0.661. The van der Waals surface area contributed by atoms with E-state index in [4.69, 9.17) is 0 Å². The number of rotatable bonds is 3. The predicted molar refractivity (Wildman–Crippen MR) is 88.7 cm³/mol. The first kappa shape index (κ1) is 14.6. The number of H-pyrrole nitrogens is 1. The van der Waals surface area contributed by atoms with Crippen molar-refractivity contribution in [2.75, 3.05) is 4.72 Å². The lowest BCUT2D eigenvalue weighted by atomic mass is 10.2. The summed E-state index contributed by atoms with van der Waals surface area (Å²) in [5.74, 6) is 0. The molecule has 0 saturated carbocycles. The molecular weight excluding hydrogens is 422 g/mol. The van der Waals surface area contributed by atoms with Gasteiger partial charge in [-0.15, -0.1) is 0 Å². The molecule has 0 fully saturated rings. The minimum Gasteiger partial charge on any atom is -0.277 e. The lowest BCUT2D eigenvalue weighted by molar-refractivity contribution is 0.601. The molecule has 1 aromatic heterocycles. The number of nitrogens with one attached hydrogen (secondary N) is 2. The minimum atomic E-state index is -3.70. The van der Waals surface area contributed by atoms with Gasteiger partial charge in [0.25, 0.3) is 10.0 Å². The van der Waals surface area contributed by atoms with Crippen LogP contribution in [0.5, 0.6) is 0 Å². The molecule has 5 nitrogen and oxygen atoms in total. The van der Waals surface area contributed by atoms with Crippen molar-refractivity contribution in [3.05, 3.63) is 51.5 Å². The fourth-order valence-corrected chi connectivity index (χ4v) is 4.77. The molecule has 0 atom stereocenters. The second-order valence-electron chi connectivity index (χ2n) is 4.32. The second-order valence-corrected chi connectivity index (χ2v) is 7.74.